The summed E-state index contributed by atoms with van der Waals surface area (Å²) in [6.45, 7) is 0.940. The fraction of sp³-hybridized carbons (Fsp3) is 0.130. The molecule has 1 amide bonds. The van der Waals surface area contributed by atoms with Crippen LogP contribution in [0.15, 0.2) is 85.2 Å². The van der Waals surface area contributed by atoms with Gasteiger partial charge in [-0.3, -0.25) is 4.79 Å². The van der Waals surface area contributed by atoms with Crippen molar-refractivity contribution in [2.75, 3.05) is 6.54 Å². The van der Waals surface area contributed by atoms with Gasteiger partial charge in [0.05, 0.1) is 5.69 Å². The van der Waals surface area contributed by atoms with Crippen LogP contribution in [0.4, 0.5) is 0 Å². The van der Waals surface area contributed by atoms with Crippen molar-refractivity contribution in [3.8, 4) is 5.75 Å². The van der Waals surface area contributed by atoms with Crippen molar-refractivity contribution in [2.45, 2.75) is 13.0 Å². The minimum Gasteiger partial charge on any atom is -0.487 e. The molecule has 0 bridgehead atoms. The molecular weight excluding hydrogens is 350 g/mol. The summed E-state index contributed by atoms with van der Waals surface area (Å²) in [6, 6.07) is 23.2. The predicted octanol–water partition coefficient (Wildman–Crippen LogP) is 3.89. The lowest BCUT2D eigenvalue weighted by Gasteiger charge is -2.08. The SMILES string of the molecule is O=C(NCCc1ccccc1)c1cccc(OCc2cn3ccccc3n2)c1. The summed E-state index contributed by atoms with van der Waals surface area (Å²) in [5, 5.41) is 2.96. The number of nitrogens with zero attached hydrogens (tertiary/aromatic N) is 2. The van der Waals surface area contributed by atoms with E-state index in [-0.39, 0.29) is 5.91 Å². The van der Waals surface area contributed by atoms with E-state index >= 15 is 0 Å². The minimum absolute atomic E-state index is 0.103. The van der Waals surface area contributed by atoms with E-state index < -0.39 is 0 Å². The minimum atomic E-state index is -0.103. The largest absolute Gasteiger partial charge is 0.487 e. The highest BCUT2D eigenvalue weighted by Gasteiger charge is 2.07. The molecule has 4 aromatic rings. The van der Waals surface area contributed by atoms with Crippen LogP contribution in [0.3, 0.4) is 0 Å². The molecule has 0 aliphatic heterocycles. The Kier molecular flexibility index (Phi) is 5.33. The molecule has 2 aromatic heterocycles. The molecule has 0 spiro atoms. The molecule has 2 aromatic carbocycles. The van der Waals surface area contributed by atoms with Crippen molar-refractivity contribution >= 4 is 11.6 Å². The highest BCUT2D eigenvalue weighted by Crippen LogP contribution is 2.15. The van der Waals surface area contributed by atoms with E-state index in [4.69, 9.17) is 4.74 Å². The van der Waals surface area contributed by atoms with Gasteiger partial charge in [-0.25, -0.2) is 4.98 Å². The topological polar surface area (TPSA) is 55.6 Å². The number of aromatic nitrogens is 2. The summed E-state index contributed by atoms with van der Waals surface area (Å²) in [6.07, 6.45) is 4.69. The first-order chi connectivity index (χ1) is 13.8. The monoisotopic (exact) mass is 371 g/mol. The fourth-order valence-corrected chi connectivity index (χ4v) is 3.01. The Bertz CT molecular complexity index is 1040. The van der Waals surface area contributed by atoms with Crippen molar-refractivity contribution in [1.82, 2.24) is 14.7 Å². The second kappa shape index (κ2) is 8.39. The number of nitrogens with one attached hydrogen (secondary N) is 1. The van der Waals surface area contributed by atoms with E-state index in [1.54, 1.807) is 12.1 Å². The van der Waals surface area contributed by atoms with E-state index in [1.807, 2.05) is 65.3 Å². The van der Waals surface area contributed by atoms with Gasteiger partial charge in [0.1, 0.15) is 18.0 Å². The summed E-state index contributed by atoms with van der Waals surface area (Å²) >= 11 is 0. The van der Waals surface area contributed by atoms with Crippen LogP contribution in [-0.2, 0) is 13.0 Å². The Morgan fingerprint density at radius 2 is 1.86 bits per heavy atom. The second-order valence-corrected chi connectivity index (χ2v) is 6.51. The maximum absolute atomic E-state index is 12.4. The Balaban J connectivity index is 1.33. The molecular formula is C23H21N3O2. The lowest BCUT2D eigenvalue weighted by Crippen LogP contribution is -2.25. The molecule has 5 heteroatoms. The second-order valence-electron chi connectivity index (χ2n) is 6.51. The highest BCUT2D eigenvalue weighted by atomic mass is 16.5. The van der Waals surface area contributed by atoms with Crippen molar-refractivity contribution in [1.29, 1.82) is 0 Å². The van der Waals surface area contributed by atoms with Gasteiger partial charge in [-0.2, -0.15) is 0 Å². The Labute approximate surface area is 163 Å². The zero-order chi connectivity index (χ0) is 19.2. The molecule has 5 nitrogen and oxygen atoms in total. The number of imidazole rings is 1. The molecule has 4 rings (SSSR count). The number of ether oxygens (including phenoxy) is 1. The van der Waals surface area contributed by atoms with Gasteiger partial charge in [-0.1, -0.05) is 42.5 Å². The van der Waals surface area contributed by atoms with Crippen molar-refractivity contribution in [2.24, 2.45) is 0 Å². The van der Waals surface area contributed by atoms with E-state index in [1.165, 1.54) is 5.56 Å². The zero-order valence-electron chi connectivity index (χ0n) is 15.4. The average Bonchev–Trinajstić information content (AvgIpc) is 3.16. The van der Waals surface area contributed by atoms with Gasteiger partial charge in [0.15, 0.2) is 0 Å². The molecule has 0 saturated carbocycles. The van der Waals surface area contributed by atoms with Crippen LogP contribution < -0.4 is 10.1 Å². The van der Waals surface area contributed by atoms with Gasteiger partial charge in [-0.05, 0) is 42.3 Å². The van der Waals surface area contributed by atoms with Crippen LogP contribution >= 0.6 is 0 Å². The van der Waals surface area contributed by atoms with Crippen LogP contribution in [0, 0.1) is 0 Å². The van der Waals surface area contributed by atoms with Crippen LogP contribution in [0.25, 0.3) is 5.65 Å². The van der Waals surface area contributed by atoms with E-state index in [0.29, 0.717) is 24.5 Å². The van der Waals surface area contributed by atoms with Crippen LogP contribution in [-0.4, -0.2) is 21.8 Å². The van der Waals surface area contributed by atoms with Crippen molar-refractivity contribution in [3.05, 3.63) is 102 Å². The Morgan fingerprint density at radius 3 is 2.71 bits per heavy atom. The van der Waals surface area contributed by atoms with Gasteiger partial charge in [0.2, 0.25) is 0 Å². The van der Waals surface area contributed by atoms with E-state index in [2.05, 4.69) is 22.4 Å². The third-order valence-electron chi connectivity index (χ3n) is 4.44. The summed E-state index contributed by atoms with van der Waals surface area (Å²) in [5.74, 6) is 0.543. The Hall–Kier alpha value is -3.60. The normalized spacial score (nSPS) is 10.7. The highest BCUT2D eigenvalue weighted by molar-refractivity contribution is 5.94. The molecule has 0 aliphatic carbocycles. The number of hydrogen-bond donors (Lipinski definition) is 1. The summed E-state index contributed by atoms with van der Waals surface area (Å²) in [7, 11) is 0. The standard InChI is InChI=1S/C23H21N3O2/c27-23(24-13-12-18-7-2-1-3-8-18)19-9-6-10-21(15-19)28-17-20-16-26-14-5-4-11-22(26)25-20/h1-11,14-16H,12-13,17H2,(H,24,27). The van der Waals surface area contributed by atoms with Gasteiger partial charge in [-0.15, -0.1) is 0 Å². The third kappa shape index (κ3) is 4.38. The number of fused-ring (bicyclic) bond motifs is 1. The molecule has 0 saturated heterocycles. The van der Waals surface area contributed by atoms with Crippen molar-refractivity contribution < 1.29 is 9.53 Å². The van der Waals surface area contributed by atoms with Gasteiger partial charge in [0.25, 0.3) is 5.91 Å². The fourth-order valence-electron chi connectivity index (χ4n) is 3.01. The van der Waals surface area contributed by atoms with Gasteiger partial charge < -0.3 is 14.5 Å². The molecule has 0 atom stereocenters. The summed E-state index contributed by atoms with van der Waals surface area (Å²) in [4.78, 5) is 16.9. The molecule has 0 fully saturated rings. The van der Waals surface area contributed by atoms with Crippen LogP contribution in [0.2, 0.25) is 0 Å². The van der Waals surface area contributed by atoms with Gasteiger partial charge in [0, 0.05) is 24.5 Å². The van der Waals surface area contributed by atoms with E-state index in [9.17, 15) is 4.79 Å². The molecule has 0 aliphatic rings. The molecule has 2 heterocycles. The molecule has 28 heavy (non-hydrogen) atoms. The van der Waals surface area contributed by atoms with Crippen LogP contribution in [0.5, 0.6) is 5.75 Å². The average molecular weight is 371 g/mol. The molecule has 140 valence electrons. The maximum Gasteiger partial charge on any atom is 0.251 e. The Morgan fingerprint density at radius 1 is 1.00 bits per heavy atom. The first-order valence-electron chi connectivity index (χ1n) is 9.25. The van der Waals surface area contributed by atoms with Crippen LogP contribution in [0.1, 0.15) is 21.6 Å². The molecule has 0 unspecified atom stereocenters. The number of hydrogen-bond acceptors (Lipinski definition) is 3. The number of carbonyl (C=O) groups is 1. The number of benzene rings is 2. The van der Waals surface area contributed by atoms with E-state index in [0.717, 1.165) is 17.8 Å². The molecule has 0 radical (unpaired) electrons. The number of carbonyl (C=O) groups excluding carboxylic acids is 1. The summed E-state index contributed by atoms with van der Waals surface area (Å²) in [5.41, 5.74) is 3.50. The number of rotatable bonds is 7. The number of pyridine rings is 1. The number of amides is 1. The summed E-state index contributed by atoms with van der Waals surface area (Å²) < 4.78 is 7.78. The smallest absolute Gasteiger partial charge is 0.251 e. The maximum atomic E-state index is 12.4. The van der Waals surface area contributed by atoms with Crippen molar-refractivity contribution in [3.63, 3.8) is 0 Å². The molecule has 1 N–H and O–H groups in total. The first-order valence-corrected chi connectivity index (χ1v) is 9.25. The first kappa shape index (κ1) is 17.8. The van der Waals surface area contributed by atoms with Gasteiger partial charge >= 0.3 is 0 Å². The quantitative estimate of drug-likeness (QED) is 0.536. The zero-order valence-corrected chi connectivity index (χ0v) is 15.4. The third-order valence-corrected chi connectivity index (χ3v) is 4.44. The lowest BCUT2D eigenvalue weighted by atomic mass is 10.1. The predicted molar refractivity (Wildman–Crippen MR) is 108 cm³/mol. The lowest BCUT2D eigenvalue weighted by molar-refractivity contribution is 0.0953.